The lowest BCUT2D eigenvalue weighted by Crippen LogP contribution is -1.95. The molecule has 0 aliphatic carbocycles. The van der Waals surface area contributed by atoms with E-state index in [4.69, 9.17) is 9.84 Å². The van der Waals surface area contributed by atoms with E-state index in [1.54, 1.807) is 13.2 Å². The van der Waals surface area contributed by atoms with E-state index in [1.807, 2.05) is 18.3 Å². The van der Waals surface area contributed by atoms with Crippen LogP contribution in [0.15, 0.2) is 18.3 Å². The number of methoxy groups -OCH3 is 1. The van der Waals surface area contributed by atoms with Crippen LogP contribution in [0.4, 0.5) is 5.00 Å². The highest BCUT2D eigenvalue weighted by Crippen LogP contribution is 2.39. The van der Waals surface area contributed by atoms with E-state index in [1.165, 1.54) is 11.3 Å². The first kappa shape index (κ1) is 11.9. The number of anilines is 1. The average molecular weight is 276 g/mol. The topological polar surface area (TPSA) is 74.3 Å². The molecule has 2 aromatic heterocycles. The molecule has 0 amide bonds. The van der Waals surface area contributed by atoms with Crippen molar-refractivity contribution in [1.29, 1.82) is 0 Å². The zero-order valence-electron chi connectivity index (χ0n) is 10.2. The number of aromatic amines is 1. The summed E-state index contributed by atoms with van der Waals surface area (Å²) in [5.41, 5.74) is 2.90. The molecule has 6 heteroatoms. The quantitative estimate of drug-likeness (QED) is 0.806. The zero-order valence-corrected chi connectivity index (χ0v) is 11.0. The molecule has 0 aromatic carbocycles. The Morgan fingerprint density at radius 2 is 2.42 bits per heavy atom. The molecular weight excluding hydrogens is 264 g/mol. The third-order valence-electron chi connectivity index (χ3n) is 3.01. The molecule has 0 saturated heterocycles. The van der Waals surface area contributed by atoms with Gasteiger partial charge in [0.05, 0.1) is 17.8 Å². The molecule has 19 heavy (non-hydrogen) atoms. The van der Waals surface area contributed by atoms with Gasteiger partial charge in [-0.2, -0.15) is 0 Å². The number of fused-ring (bicyclic) bond motifs is 1. The number of carboxylic acids is 1. The van der Waals surface area contributed by atoms with Crippen LogP contribution in [0.1, 0.15) is 20.9 Å². The summed E-state index contributed by atoms with van der Waals surface area (Å²) in [5.74, 6) is -0.118. The highest BCUT2D eigenvalue weighted by molar-refractivity contribution is 7.18. The van der Waals surface area contributed by atoms with Crippen LogP contribution in [-0.4, -0.2) is 29.7 Å². The fraction of sp³-hybridized carbons (Fsp3) is 0.154. The predicted molar refractivity (Wildman–Crippen MR) is 75.0 cm³/mol. The minimum atomic E-state index is -0.891. The first-order valence-electron chi connectivity index (χ1n) is 5.72. The van der Waals surface area contributed by atoms with Crippen molar-refractivity contribution >= 4 is 34.0 Å². The maximum Gasteiger partial charge on any atom is 0.345 e. The fourth-order valence-corrected chi connectivity index (χ4v) is 3.03. The Labute approximate surface area is 113 Å². The number of thiophene rings is 1. The van der Waals surface area contributed by atoms with Gasteiger partial charge >= 0.3 is 5.97 Å². The van der Waals surface area contributed by atoms with Crippen molar-refractivity contribution in [3.8, 4) is 5.75 Å². The second-order valence-electron chi connectivity index (χ2n) is 4.14. The first-order valence-corrected chi connectivity index (χ1v) is 6.54. The number of carbonyl (C=O) groups is 1. The molecule has 1 aliphatic heterocycles. The summed E-state index contributed by atoms with van der Waals surface area (Å²) in [6.45, 7) is 0.698. The Balaban J connectivity index is 1.99. The standard InChI is InChI=1S/C13H12N2O3S/c1-18-10-2-3-14-9(10)4-7-6-15-12-8(7)5-11(19-12)13(16)17/h2-5,14-15H,6H2,1H3,(H,16,17). The first-order chi connectivity index (χ1) is 9.19. The molecule has 98 valence electrons. The van der Waals surface area contributed by atoms with Crippen molar-refractivity contribution in [3.63, 3.8) is 0 Å². The van der Waals surface area contributed by atoms with Crippen LogP contribution in [-0.2, 0) is 0 Å². The Hall–Kier alpha value is -2.21. The Bertz CT molecular complexity index is 669. The predicted octanol–water partition coefficient (Wildman–Crippen LogP) is 2.75. The van der Waals surface area contributed by atoms with Crippen LogP contribution in [0.2, 0.25) is 0 Å². The largest absolute Gasteiger partial charge is 0.495 e. The van der Waals surface area contributed by atoms with E-state index in [0.29, 0.717) is 11.4 Å². The summed E-state index contributed by atoms with van der Waals surface area (Å²) in [6, 6.07) is 3.57. The van der Waals surface area contributed by atoms with Crippen LogP contribution >= 0.6 is 11.3 Å². The molecule has 0 saturated carbocycles. The highest BCUT2D eigenvalue weighted by Gasteiger charge is 2.22. The number of ether oxygens (including phenoxy) is 1. The van der Waals surface area contributed by atoms with Crippen molar-refractivity contribution in [1.82, 2.24) is 4.98 Å². The summed E-state index contributed by atoms with van der Waals surface area (Å²) in [7, 11) is 1.62. The summed E-state index contributed by atoms with van der Waals surface area (Å²) in [6.07, 6.45) is 3.79. The third kappa shape index (κ3) is 2.00. The van der Waals surface area contributed by atoms with E-state index in [9.17, 15) is 4.79 Å². The third-order valence-corrected chi connectivity index (χ3v) is 4.09. The Morgan fingerprint density at radius 3 is 3.16 bits per heavy atom. The molecule has 0 unspecified atom stereocenters. The molecule has 3 N–H and O–H groups in total. The lowest BCUT2D eigenvalue weighted by Gasteiger charge is -2.00. The Morgan fingerprint density at radius 1 is 1.58 bits per heavy atom. The molecule has 3 rings (SSSR count). The van der Waals surface area contributed by atoms with Crippen molar-refractivity contribution in [3.05, 3.63) is 34.5 Å². The number of hydrogen-bond donors (Lipinski definition) is 3. The van der Waals surface area contributed by atoms with E-state index < -0.39 is 5.97 Å². The molecule has 3 heterocycles. The van der Waals surface area contributed by atoms with Gasteiger partial charge in [-0.05, 0) is 23.8 Å². The van der Waals surface area contributed by atoms with Crippen molar-refractivity contribution in [2.45, 2.75) is 0 Å². The molecule has 0 atom stereocenters. The van der Waals surface area contributed by atoms with Gasteiger partial charge in [0.2, 0.25) is 0 Å². The van der Waals surface area contributed by atoms with E-state index >= 15 is 0 Å². The number of H-pyrrole nitrogens is 1. The summed E-state index contributed by atoms with van der Waals surface area (Å²) >= 11 is 1.26. The minimum absolute atomic E-state index is 0.349. The maximum atomic E-state index is 11.0. The molecule has 1 aliphatic rings. The minimum Gasteiger partial charge on any atom is -0.495 e. The van der Waals surface area contributed by atoms with Crippen molar-refractivity contribution in [2.75, 3.05) is 19.0 Å². The summed E-state index contributed by atoms with van der Waals surface area (Å²) in [4.78, 5) is 14.4. The second kappa shape index (κ2) is 4.47. The molecular formula is C13H12N2O3S. The van der Waals surface area contributed by atoms with Gasteiger partial charge in [-0.3, -0.25) is 0 Å². The van der Waals surface area contributed by atoms with Gasteiger partial charge in [0.25, 0.3) is 0 Å². The second-order valence-corrected chi connectivity index (χ2v) is 5.19. The van der Waals surface area contributed by atoms with Gasteiger partial charge in [-0.1, -0.05) is 0 Å². The number of hydrogen-bond acceptors (Lipinski definition) is 4. The van der Waals surface area contributed by atoms with Gasteiger partial charge in [-0.25, -0.2) is 4.79 Å². The number of carboxylic acid groups (broad SMARTS) is 1. The fourth-order valence-electron chi connectivity index (χ4n) is 2.10. The van der Waals surface area contributed by atoms with Crippen molar-refractivity contribution < 1.29 is 14.6 Å². The highest BCUT2D eigenvalue weighted by atomic mass is 32.1. The summed E-state index contributed by atoms with van der Waals surface area (Å²) < 4.78 is 5.24. The number of aromatic nitrogens is 1. The number of aromatic carboxylic acids is 1. The van der Waals surface area contributed by atoms with Crippen LogP contribution in [0.3, 0.4) is 0 Å². The lowest BCUT2D eigenvalue weighted by molar-refractivity contribution is 0.0702. The molecule has 0 fully saturated rings. The van der Waals surface area contributed by atoms with Crippen LogP contribution in [0, 0.1) is 0 Å². The Kier molecular flexibility index (Phi) is 2.79. The SMILES string of the molecule is COc1cc[nH]c1C=C1CNc2sc(C(=O)O)cc21. The number of nitrogens with one attached hydrogen (secondary N) is 2. The van der Waals surface area contributed by atoms with E-state index in [2.05, 4.69) is 10.3 Å². The van der Waals surface area contributed by atoms with Gasteiger partial charge in [-0.15, -0.1) is 11.3 Å². The lowest BCUT2D eigenvalue weighted by atomic mass is 10.1. The average Bonchev–Trinajstić information content (AvgIpc) is 3.06. The molecule has 5 nitrogen and oxygen atoms in total. The monoisotopic (exact) mass is 276 g/mol. The van der Waals surface area contributed by atoms with Gasteiger partial charge in [0, 0.05) is 18.3 Å². The maximum absolute atomic E-state index is 11.0. The zero-order chi connectivity index (χ0) is 13.4. The van der Waals surface area contributed by atoms with E-state index in [0.717, 1.165) is 27.6 Å². The van der Waals surface area contributed by atoms with Crippen LogP contribution < -0.4 is 10.1 Å². The van der Waals surface area contributed by atoms with E-state index in [-0.39, 0.29) is 0 Å². The molecule has 0 radical (unpaired) electrons. The van der Waals surface area contributed by atoms with Gasteiger partial charge in [0.15, 0.2) is 0 Å². The smallest absolute Gasteiger partial charge is 0.345 e. The van der Waals surface area contributed by atoms with Crippen molar-refractivity contribution in [2.24, 2.45) is 0 Å². The molecule has 0 bridgehead atoms. The van der Waals surface area contributed by atoms with Crippen LogP contribution in [0.5, 0.6) is 5.75 Å². The normalized spacial score (nSPS) is 15.3. The molecule has 2 aromatic rings. The van der Waals surface area contributed by atoms with Crippen LogP contribution in [0.25, 0.3) is 11.6 Å². The number of rotatable bonds is 3. The van der Waals surface area contributed by atoms with Gasteiger partial charge in [0.1, 0.15) is 10.6 Å². The summed E-state index contributed by atoms with van der Waals surface area (Å²) in [5, 5.41) is 13.1. The molecule has 0 spiro atoms. The van der Waals surface area contributed by atoms with Gasteiger partial charge < -0.3 is 20.1 Å².